The molecule has 3 N–H and O–H groups in total. The fourth-order valence-electron chi connectivity index (χ4n) is 2.22. The van der Waals surface area contributed by atoms with E-state index in [0.717, 1.165) is 17.4 Å². The van der Waals surface area contributed by atoms with Crippen LogP contribution < -0.4 is 16.0 Å². The molecular weight excluding hydrogens is 334 g/mol. The van der Waals surface area contributed by atoms with Crippen LogP contribution in [0.2, 0.25) is 0 Å². The Morgan fingerprint density at radius 2 is 2.15 bits per heavy atom. The lowest BCUT2D eigenvalue weighted by molar-refractivity contribution is 0.468. The van der Waals surface area contributed by atoms with E-state index in [2.05, 4.69) is 63.1 Å². The maximum Gasteiger partial charge on any atom is 0.168 e. The topological polar surface area (TPSA) is 36.1 Å². The second-order valence-electron chi connectivity index (χ2n) is 5.01. The summed E-state index contributed by atoms with van der Waals surface area (Å²) in [5.74, 6) is 1.20. The summed E-state index contributed by atoms with van der Waals surface area (Å²) >= 11 is 8.70. The summed E-state index contributed by atoms with van der Waals surface area (Å²) in [6.45, 7) is 3.14. The quantitative estimate of drug-likeness (QED) is 0.679. The number of nitrogens with one attached hydrogen (secondary N) is 3. The third-order valence-electron chi connectivity index (χ3n) is 3.46. The zero-order valence-electron chi connectivity index (χ0n) is 11.5. The first-order valence-electron chi connectivity index (χ1n) is 6.84. The molecule has 0 radical (unpaired) electrons. The van der Waals surface area contributed by atoms with Crippen LogP contribution in [0.25, 0.3) is 0 Å². The summed E-state index contributed by atoms with van der Waals surface area (Å²) in [6, 6.07) is 0. The Morgan fingerprint density at radius 3 is 2.85 bits per heavy atom. The molecule has 0 aromatic heterocycles. The van der Waals surface area contributed by atoms with Gasteiger partial charge in [0.2, 0.25) is 0 Å². The van der Waals surface area contributed by atoms with Crippen LogP contribution in [-0.4, -0.2) is 17.8 Å². The predicted octanol–water partition coefficient (Wildman–Crippen LogP) is 2.94. The third kappa shape index (κ3) is 4.80. The van der Waals surface area contributed by atoms with Crippen LogP contribution in [0.5, 0.6) is 0 Å². The van der Waals surface area contributed by atoms with Crippen molar-refractivity contribution in [2.45, 2.75) is 19.5 Å². The van der Waals surface area contributed by atoms with Crippen molar-refractivity contribution >= 4 is 33.3 Å². The summed E-state index contributed by atoms with van der Waals surface area (Å²) < 4.78 is 1.03. The predicted molar refractivity (Wildman–Crippen MR) is 92.4 cm³/mol. The number of allylic oxidation sites excluding steroid dienone is 6. The standard InChI is InChI=1S/C15H20BrN3S/c1-11-4-2-3-5-12(11)8-9-17-15(20)19-14-7-6-13(16)10-18-14/h2-7,10-12,14,18H,8-9H2,1H3,(H2,17,19,20). The lowest BCUT2D eigenvalue weighted by Gasteiger charge is -2.23. The van der Waals surface area contributed by atoms with Gasteiger partial charge in [-0.25, -0.2) is 0 Å². The average molecular weight is 354 g/mol. The molecule has 20 heavy (non-hydrogen) atoms. The lowest BCUT2D eigenvalue weighted by Crippen LogP contribution is -2.47. The van der Waals surface area contributed by atoms with Gasteiger partial charge in [0.1, 0.15) is 6.17 Å². The van der Waals surface area contributed by atoms with E-state index >= 15 is 0 Å². The minimum Gasteiger partial charge on any atom is -0.367 e. The first kappa shape index (κ1) is 15.3. The van der Waals surface area contributed by atoms with E-state index in [-0.39, 0.29) is 6.17 Å². The molecule has 1 aliphatic carbocycles. The third-order valence-corrected chi connectivity index (χ3v) is 4.21. The maximum atomic E-state index is 5.30. The number of halogens is 1. The molecule has 0 fully saturated rings. The van der Waals surface area contributed by atoms with Gasteiger partial charge in [0.15, 0.2) is 5.11 Å². The summed E-state index contributed by atoms with van der Waals surface area (Å²) in [6.07, 6.45) is 15.8. The smallest absolute Gasteiger partial charge is 0.168 e. The van der Waals surface area contributed by atoms with Crippen LogP contribution in [0.15, 0.2) is 47.1 Å². The van der Waals surface area contributed by atoms with Crippen LogP contribution in [-0.2, 0) is 0 Å². The van der Waals surface area contributed by atoms with Crippen molar-refractivity contribution in [2.75, 3.05) is 6.54 Å². The van der Waals surface area contributed by atoms with E-state index < -0.39 is 0 Å². The first-order valence-corrected chi connectivity index (χ1v) is 8.04. The molecule has 0 saturated heterocycles. The molecule has 1 aliphatic heterocycles. The SMILES string of the molecule is CC1C=CC=CC1CCNC(=S)NC1C=CC(Br)=CN1. The Hall–Kier alpha value is -1.07. The van der Waals surface area contributed by atoms with Crippen LogP contribution in [0.1, 0.15) is 13.3 Å². The van der Waals surface area contributed by atoms with Gasteiger partial charge in [-0.2, -0.15) is 0 Å². The van der Waals surface area contributed by atoms with E-state index in [9.17, 15) is 0 Å². The summed E-state index contributed by atoms with van der Waals surface area (Å²) in [5.41, 5.74) is 0. The highest BCUT2D eigenvalue weighted by molar-refractivity contribution is 9.11. The highest BCUT2D eigenvalue weighted by Gasteiger charge is 2.14. The Bertz CT molecular complexity index is 468. The Labute approximate surface area is 134 Å². The van der Waals surface area contributed by atoms with Gasteiger partial charge in [-0.15, -0.1) is 0 Å². The zero-order valence-corrected chi connectivity index (χ0v) is 13.9. The molecule has 5 heteroatoms. The summed E-state index contributed by atoms with van der Waals surface area (Å²) in [5, 5.41) is 10.4. The number of rotatable bonds is 4. The molecule has 2 rings (SSSR count). The number of hydrogen-bond acceptors (Lipinski definition) is 2. The van der Waals surface area contributed by atoms with E-state index in [4.69, 9.17) is 12.2 Å². The fraction of sp³-hybridized carbons (Fsp3) is 0.400. The second kappa shape index (κ2) is 7.64. The number of dihydropyridines is 1. The van der Waals surface area contributed by atoms with Crippen molar-refractivity contribution in [3.05, 3.63) is 47.1 Å². The average Bonchev–Trinajstić information content (AvgIpc) is 2.43. The van der Waals surface area contributed by atoms with Gasteiger partial charge in [0.05, 0.1) is 0 Å². The van der Waals surface area contributed by atoms with Crippen LogP contribution in [0.3, 0.4) is 0 Å². The Kier molecular flexibility index (Phi) is 5.86. The van der Waals surface area contributed by atoms with Crippen molar-refractivity contribution in [3.8, 4) is 0 Å². The zero-order chi connectivity index (χ0) is 14.4. The van der Waals surface area contributed by atoms with Crippen LogP contribution in [0.4, 0.5) is 0 Å². The van der Waals surface area contributed by atoms with E-state index in [1.165, 1.54) is 0 Å². The fourth-order valence-corrected chi connectivity index (χ4v) is 2.73. The molecule has 0 saturated carbocycles. The van der Waals surface area contributed by atoms with Gasteiger partial charge in [-0.3, -0.25) is 0 Å². The summed E-state index contributed by atoms with van der Waals surface area (Å²) in [7, 11) is 0. The van der Waals surface area contributed by atoms with Crippen molar-refractivity contribution in [1.82, 2.24) is 16.0 Å². The highest BCUT2D eigenvalue weighted by atomic mass is 79.9. The van der Waals surface area contributed by atoms with Crippen LogP contribution >= 0.6 is 28.1 Å². The van der Waals surface area contributed by atoms with Gasteiger partial charge in [0, 0.05) is 17.2 Å². The molecule has 0 bridgehead atoms. The molecular formula is C15H20BrN3S. The molecule has 108 valence electrons. The molecule has 3 atom stereocenters. The number of thiocarbonyl (C=S) groups is 1. The molecule has 0 amide bonds. The molecule has 0 spiro atoms. The summed E-state index contributed by atoms with van der Waals surface area (Å²) in [4.78, 5) is 0. The highest BCUT2D eigenvalue weighted by Crippen LogP contribution is 2.21. The van der Waals surface area contributed by atoms with E-state index in [1.807, 2.05) is 18.4 Å². The minimum atomic E-state index is 0.0488. The van der Waals surface area contributed by atoms with Crippen molar-refractivity contribution < 1.29 is 0 Å². The van der Waals surface area contributed by atoms with E-state index in [1.54, 1.807) is 0 Å². The van der Waals surface area contributed by atoms with Gasteiger partial charge in [-0.1, -0.05) is 31.2 Å². The van der Waals surface area contributed by atoms with Gasteiger partial charge in [0.25, 0.3) is 0 Å². The molecule has 0 aromatic carbocycles. The molecule has 3 unspecified atom stereocenters. The van der Waals surface area contributed by atoms with Crippen molar-refractivity contribution in [3.63, 3.8) is 0 Å². The van der Waals surface area contributed by atoms with Gasteiger partial charge < -0.3 is 16.0 Å². The normalized spacial score (nSPS) is 27.7. The van der Waals surface area contributed by atoms with Crippen molar-refractivity contribution in [1.29, 1.82) is 0 Å². The molecule has 2 aliphatic rings. The van der Waals surface area contributed by atoms with Crippen molar-refractivity contribution in [2.24, 2.45) is 11.8 Å². The maximum absolute atomic E-state index is 5.30. The molecule has 1 heterocycles. The largest absolute Gasteiger partial charge is 0.367 e. The van der Waals surface area contributed by atoms with E-state index in [0.29, 0.717) is 16.9 Å². The minimum absolute atomic E-state index is 0.0488. The van der Waals surface area contributed by atoms with Crippen LogP contribution in [0, 0.1) is 11.8 Å². The second-order valence-corrected chi connectivity index (χ2v) is 6.34. The Balaban J connectivity index is 1.65. The molecule has 3 nitrogen and oxygen atoms in total. The Morgan fingerprint density at radius 1 is 1.35 bits per heavy atom. The monoisotopic (exact) mass is 353 g/mol. The number of hydrogen-bond donors (Lipinski definition) is 3. The van der Waals surface area contributed by atoms with Gasteiger partial charge >= 0.3 is 0 Å². The first-order chi connectivity index (χ1) is 9.65. The molecule has 0 aromatic rings. The lowest BCUT2D eigenvalue weighted by atomic mass is 9.87. The van der Waals surface area contributed by atoms with Gasteiger partial charge in [-0.05, 0) is 58.6 Å².